The van der Waals surface area contributed by atoms with Gasteiger partial charge in [-0.1, -0.05) is 5.21 Å². The largest absolute Gasteiger partial charge is 0.312 e. The van der Waals surface area contributed by atoms with Gasteiger partial charge < -0.3 is 5.32 Å². The van der Waals surface area contributed by atoms with Crippen molar-refractivity contribution >= 4 is 0 Å². The lowest BCUT2D eigenvalue weighted by atomic mass is 9.89. The van der Waals surface area contributed by atoms with Gasteiger partial charge in [-0.2, -0.15) is 10.2 Å². The summed E-state index contributed by atoms with van der Waals surface area (Å²) in [6.07, 6.45) is 3.78. The summed E-state index contributed by atoms with van der Waals surface area (Å²) in [7, 11) is 0. The Morgan fingerprint density at radius 2 is 2.15 bits per heavy atom. The maximum atomic E-state index is 13.6. The summed E-state index contributed by atoms with van der Waals surface area (Å²) in [5.41, 5.74) is 1.10. The van der Waals surface area contributed by atoms with Crippen LogP contribution in [0.3, 0.4) is 0 Å². The molecule has 1 aliphatic rings. The van der Waals surface area contributed by atoms with Gasteiger partial charge in [0.05, 0.1) is 24.1 Å². The number of nitrogens with zero attached hydrogens (tertiary/aromatic N) is 6. The molecule has 1 aliphatic heterocycles. The van der Waals surface area contributed by atoms with Gasteiger partial charge in [-0.05, 0) is 39.3 Å². The quantitative estimate of drug-likeness (QED) is 0.744. The molecule has 8 nitrogen and oxygen atoms in total. The van der Waals surface area contributed by atoms with Crippen LogP contribution in [0.4, 0.5) is 8.78 Å². The highest BCUT2D eigenvalue weighted by Crippen LogP contribution is 2.31. The van der Waals surface area contributed by atoms with Crippen molar-refractivity contribution in [3.05, 3.63) is 30.4 Å². The minimum absolute atomic E-state index is 0.0545. The van der Waals surface area contributed by atoms with Crippen LogP contribution in [0.15, 0.2) is 24.7 Å². The molecule has 0 bridgehead atoms. The molecule has 1 saturated heterocycles. The van der Waals surface area contributed by atoms with Crippen LogP contribution >= 0.6 is 0 Å². The van der Waals surface area contributed by atoms with Gasteiger partial charge in [0, 0.05) is 11.7 Å². The molecule has 3 aromatic heterocycles. The summed E-state index contributed by atoms with van der Waals surface area (Å²) in [5, 5.41) is 22.3. The van der Waals surface area contributed by atoms with E-state index in [0.717, 1.165) is 19.4 Å². The zero-order chi connectivity index (χ0) is 18.3. The summed E-state index contributed by atoms with van der Waals surface area (Å²) in [6.45, 7) is 5.03. The lowest BCUT2D eigenvalue weighted by Gasteiger charge is -2.36. The number of H-pyrrole nitrogens is 1. The molecule has 0 saturated carbocycles. The summed E-state index contributed by atoms with van der Waals surface area (Å²) in [6, 6.07) is 1.80. The molecule has 1 unspecified atom stereocenters. The van der Waals surface area contributed by atoms with E-state index in [0.29, 0.717) is 11.4 Å². The molecule has 0 spiro atoms. The molecule has 0 radical (unpaired) electrons. The summed E-state index contributed by atoms with van der Waals surface area (Å²) in [5.74, 6) is 0. The zero-order valence-electron chi connectivity index (χ0n) is 14.5. The molecule has 4 heterocycles. The number of hydrogen-bond donors (Lipinski definition) is 2. The van der Waals surface area contributed by atoms with Gasteiger partial charge in [0.1, 0.15) is 11.4 Å². The third kappa shape index (κ3) is 3.12. The molecule has 3 aromatic rings. The van der Waals surface area contributed by atoms with Gasteiger partial charge in [-0.15, -0.1) is 5.10 Å². The minimum Gasteiger partial charge on any atom is -0.312 e. The van der Waals surface area contributed by atoms with Crippen LogP contribution in [0.1, 0.15) is 44.9 Å². The van der Waals surface area contributed by atoms with Crippen molar-refractivity contribution in [3.8, 4) is 17.1 Å². The molecule has 10 heteroatoms. The normalized spacial score (nSPS) is 20.0. The second-order valence-electron chi connectivity index (χ2n) is 7.16. The van der Waals surface area contributed by atoms with E-state index in [4.69, 9.17) is 0 Å². The summed E-state index contributed by atoms with van der Waals surface area (Å²) < 4.78 is 30.1. The number of halogens is 2. The molecule has 2 N–H and O–H groups in total. The van der Waals surface area contributed by atoms with E-state index in [2.05, 4.69) is 44.8 Å². The van der Waals surface area contributed by atoms with Crippen LogP contribution in [0.25, 0.3) is 17.1 Å². The van der Waals surface area contributed by atoms with Crippen molar-refractivity contribution in [2.24, 2.45) is 0 Å². The monoisotopic (exact) mass is 362 g/mol. The Hall–Kier alpha value is -2.62. The summed E-state index contributed by atoms with van der Waals surface area (Å²) in [4.78, 5) is 0. The maximum Gasteiger partial charge on any atom is 0.284 e. The van der Waals surface area contributed by atoms with Gasteiger partial charge in [-0.3, -0.25) is 9.78 Å². The molecule has 138 valence electrons. The Morgan fingerprint density at radius 3 is 2.85 bits per heavy atom. The van der Waals surface area contributed by atoms with Gasteiger partial charge in [0.15, 0.2) is 5.69 Å². The van der Waals surface area contributed by atoms with Crippen LogP contribution in [0.5, 0.6) is 0 Å². The lowest BCUT2D eigenvalue weighted by Crippen LogP contribution is -2.46. The molecule has 26 heavy (non-hydrogen) atoms. The fraction of sp³-hybridized carbons (Fsp3) is 0.500. The smallest absolute Gasteiger partial charge is 0.284 e. The third-order valence-corrected chi connectivity index (χ3v) is 4.66. The van der Waals surface area contributed by atoms with E-state index in [1.54, 1.807) is 29.3 Å². The lowest BCUT2D eigenvalue weighted by molar-refractivity contribution is 0.142. The number of rotatable bonds is 4. The van der Waals surface area contributed by atoms with Crippen molar-refractivity contribution in [2.45, 2.75) is 44.7 Å². The molecule has 1 atom stereocenters. The SMILES string of the molecule is CC1(C)CC(n2cc(-n3cc(-c4ccn[nH]4)nn3)c(C(F)F)n2)CCN1. The second-order valence-corrected chi connectivity index (χ2v) is 7.16. The zero-order valence-corrected chi connectivity index (χ0v) is 14.5. The Labute approximate surface area is 148 Å². The van der Waals surface area contributed by atoms with Crippen LogP contribution in [-0.2, 0) is 0 Å². The van der Waals surface area contributed by atoms with E-state index in [-0.39, 0.29) is 23.0 Å². The molecular weight excluding hydrogens is 342 g/mol. The number of hydrogen-bond acceptors (Lipinski definition) is 5. The minimum atomic E-state index is -2.69. The Balaban J connectivity index is 1.69. The van der Waals surface area contributed by atoms with Crippen LogP contribution in [-0.4, -0.2) is 47.1 Å². The van der Waals surface area contributed by atoms with Gasteiger partial charge in [0.2, 0.25) is 0 Å². The van der Waals surface area contributed by atoms with Gasteiger partial charge in [-0.25, -0.2) is 13.5 Å². The van der Waals surface area contributed by atoms with E-state index >= 15 is 0 Å². The second kappa shape index (κ2) is 6.27. The van der Waals surface area contributed by atoms with E-state index in [1.807, 2.05) is 0 Å². The Morgan fingerprint density at radius 1 is 1.31 bits per heavy atom. The average molecular weight is 362 g/mol. The van der Waals surface area contributed by atoms with Crippen molar-refractivity contribution < 1.29 is 8.78 Å². The fourth-order valence-corrected chi connectivity index (χ4v) is 3.38. The van der Waals surface area contributed by atoms with E-state index < -0.39 is 6.43 Å². The van der Waals surface area contributed by atoms with Crippen LogP contribution in [0, 0.1) is 0 Å². The van der Waals surface area contributed by atoms with Crippen LogP contribution < -0.4 is 5.32 Å². The van der Waals surface area contributed by atoms with Gasteiger partial charge >= 0.3 is 0 Å². The highest BCUT2D eigenvalue weighted by atomic mass is 19.3. The molecule has 4 rings (SSSR count). The average Bonchev–Trinajstić information content (AvgIpc) is 3.32. The first kappa shape index (κ1) is 16.8. The molecule has 0 aromatic carbocycles. The fourth-order valence-electron chi connectivity index (χ4n) is 3.38. The molecule has 1 fully saturated rings. The first-order valence-corrected chi connectivity index (χ1v) is 8.48. The highest BCUT2D eigenvalue weighted by Gasteiger charge is 2.31. The standard InChI is InChI=1S/C16H20F2N8/c1-16(2)7-10(3-5-19-16)25-9-13(14(23-25)15(17)18)26-8-12(22-24-26)11-4-6-20-21-11/h4,6,8-10,15,19H,3,5,7H2,1-2H3,(H,20,21). The summed E-state index contributed by atoms with van der Waals surface area (Å²) >= 11 is 0. The van der Waals surface area contributed by atoms with Crippen molar-refractivity contribution in [1.82, 2.24) is 40.3 Å². The Kier molecular flexibility index (Phi) is 4.06. The highest BCUT2D eigenvalue weighted by molar-refractivity contribution is 5.52. The van der Waals surface area contributed by atoms with Gasteiger partial charge in [0.25, 0.3) is 6.43 Å². The number of alkyl halides is 2. The number of aromatic amines is 1. The predicted molar refractivity (Wildman–Crippen MR) is 90.0 cm³/mol. The first-order valence-electron chi connectivity index (χ1n) is 8.48. The maximum absolute atomic E-state index is 13.6. The van der Waals surface area contributed by atoms with E-state index in [9.17, 15) is 8.78 Å². The van der Waals surface area contributed by atoms with Crippen LogP contribution in [0.2, 0.25) is 0 Å². The number of piperidine rings is 1. The molecule has 0 aliphatic carbocycles. The topological polar surface area (TPSA) is 89.2 Å². The van der Waals surface area contributed by atoms with Crippen molar-refractivity contribution in [3.63, 3.8) is 0 Å². The first-order chi connectivity index (χ1) is 12.4. The number of nitrogens with one attached hydrogen (secondary N) is 2. The number of aromatic nitrogens is 7. The van der Waals surface area contributed by atoms with E-state index in [1.165, 1.54) is 4.68 Å². The Bertz CT molecular complexity index is 880. The third-order valence-electron chi connectivity index (χ3n) is 4.66. The van der Waals surface area contributed by atoms with Crippen molar-refractivity contribution in [1.29, 1.82) is 0 Å². The molecule has 0 amide bonds. The van der Waals surface area contributed by atoms with Crippen molar-refractivity contribution in [2.75, 3.05) is 6.54 Å². The molecular formula is C16H20F2N8. The predicted octanol–water partition coefficient (Wildman–Crippen LogP) is 2.49.